The number of carbonyl (C=O) groups is 3. The van der Waals surface area contributed by atoms with Gasteiger partial charge in [0.05, 0.1) is 17.1 Å². The third-order valence-corrected chi connectivity index (χ3v) is 8.84. The lowest BCUT2D eigenvalue weighted by atomic mass is 9.98. The minimum Gasteiger partial charge on any atom is -0.489 e. The molecule has 0 saturated carbocycles. The van der Waals surface area contributed by atoms with Gasteiger partial charge in [0.2, 0.25) is 5.91 Å². The summed E-state index contributed by atoms with van der Waals surface area (Å²) in [7, 11) is 0. The van der Waals surface area contributed by atoms with Gasteiger partial charge in [0.15, 0.2) is 0 Å². The Morgan fingerprint density at radius 3 is 2.32 bits per heavy atom. The van der Waals surface area contributed by atoms with Crippen molar-refractivity contribution in [2.75, 3.05) is 5.32 Å². The van der Waals surface area contributed by atoms with Crippen molar-refractivity contribution < 1.29 is 19.1 Å². The van der Waals surface area contributed by atoms with Crippen LogP contribution in [0.15, 0.2) is 140 Å². The van der Waals surface area contributed by atoms with Gasteiger partial charge < -0.3 is 26.1 Å². The summed E-state index contributed by atoms with van der Waals surface area (Å²) in [4.78, 5) is 41.7. The third kappa shape index (κ3) is 8.29. The van der Waals surface area contributed by atoms with Gasteiger partial charge >= 0.3 is 0 Å². The van der Waals surface area contributed by atoms with Gasteiger partial charge in [-0.2, -0.15) is 0 Å². The first-order valence-corrected chi connectivity index (χ1v) is 17.2. The number of aromatic nitrogens is 3. The highest BCUT2D eigenvalue weighted by molar-refractivity contribution is 6.06. The molecule has 0 unspecified atom stereocenters. The number of nitrogens with zero attached hydrogens (tertiary/aromatic N) is 2. The Hall–Kier alpha value is -7.07. The van der Waals surface area contributed by atoms with Gasteiger partial charge in [-0.1, -0.05) is 78.9 Å². The number of para-hydroxylation sites is 2. The van der Waals surface area contributed by atoms with Crippen molar-refractivity contribution in [3.8, 4) is 28.3 Å². The molecule has 3 amide bonds. The van der Waals surface area contributed by atoms with E-state index in [0.29, 0.717) is 64.7 Å². The summed E-state index contributed by atoms with van der Waals surface area (Å²) < 4.78 is 5.87. The normalized spacial score (nSPS) is 10.9. The van der Waals surface area contributed by atoms with Gasteiger partial charge in [-0.15, -0.1) is 10.2 Å². The summed E-state index contributed by atoms with van der Waals surface area (Å²) >= 11 is 0. The minimum atomic E-state index is -0.455. The van der Waals surface area contributed by atoms with Gasteiger partial charge in [-0.3, -0.25) is 14.4 Å². The van der Waals surface area contributed by atoms with Crippen molar-refractivity contribution in [1.82, 2.24) is 20.5 Å². The van der Waals surface area contributed by atoms with E-state index in [1.807, 2.05) is 91.1 Å². The monoisotopic (exact) mass is 700 g/mol. The highest BCUT2D eigenvalue weighted by Gasteiger charge is 2.17. The van der Waals surface area contributed by atoms with Gasteiger partial charge in [-0.05, 0) is 77.7 Å². The zero-order valence-electron chi connectivity index (χ0n) is 28.7. The van der Waals surface area contributed by atoms with Crippen LogP contribution in [-0.4, -0.2) is 32.9 Å². The summed E-state index contributed by atoms with van der Waals surface area (Å²) in [6, 6.07) is 41.0. The van der Waals surface area contributed by atoms with E-state index in [-0.39, 0.29) is 18.2 Å². The van der Waals surface area contributed by atoms with E-state index in [1.54, 1.807) is 48.5 Å². The number of amides is 3. The predicted molar refractivity (Wildman–Crippen MR) is 205 cm³/mol. The zero-order valence-corrected chi connectivity index (χ0v) is 28.7. The number of hydrogen-bond donors (Lipinski definition) is 4. The Balaban J connectivity index is 1.09. The van der Waals surface area contributed by atoms with Crippen LogP contribution in [0.3, 0.4) is 0 Å². The van der Waals surface area contributed by atoms with Crippen LogP contribution < -0.4 is 21.1 Å². The largest absolute Gasteiger partial charge is 0.489 e. The number of carbonyl (C=O) groups excluding carboxylic acids is 3. The Kier molecular flexibility index (Phi) is 10.3. The van der Waals surface area contributed by atoms with Crippen molar-refractivity contribution in [2.24, 2.45) is 5.73 Å². The van der Waals surface area contributed by atoms with Crippen LogP contribution >= 0.6 is 0 Å². The highest BCUT2D eigenvalue weighted by Crippen LogP contribution is 2.31. The second-order valence-corrected chi connectivity index (χ2v) is 12.5. The Labute approximate surface area is 306 Å². The molecule has 10 nitrogen and oxygen atoms in total. The van der Waals surface area contributed by atoms with Crippen molar-refractivity contribution in [3.05, 3.63) is 167 Å². The summed E-state index contributed by atoms with van der Waals surface area (Å²) in [5.41, 5.74) is 13.1. The van der Waals surface area contributed by atoms with Crippen molar-refractivity contribution in [1.29, 1.82) is 0 Å². The molecule has 2 heterocycles. The van der Waals surface area contributed by atoms with E-state index in [9.17, 15) is 14.4 Å². The van der Waals surface area contributed by atoms with E-state index < -0.39 is 5.91 Å². The first-order chi connectivity index (χ1) is 25.9. The van der Waals surface area contributed by atoms with Crippen LogP contribution in [0.4, 0.5) is 5.69 Å². The maximum Gasteiger partial charge on any atom is 0.255 e. The number of hydrogen-bond acceptors (Lipinski definition) is 6. The van der Waals surface area contributed by atoms with Crippen molar-refractivity contribution in [2.45, 2.75) is 26.0 Å². The molecule has 7 aromatic rings. The Morgan fingerprint density at radius 1 is 0.717 bits per heavy atom. The molecule has 0 saturated heterocycles. The molecular formula is C43H36N6O4. The number of nitrogens with two attached hydrogens (primary N) is 1. The fraction of sp³-hybridized carbons (Fsp3) is 0.0930. The number of aromatic amines is 1. The molecule has 0 fully saturated rings. The van der Waals surface area contributed by atoms with Gasteiger partial charge in [0.1, 0.15) is 12.4 Å². The van der Waals surface area contributed by atoms with Gasteiger partial charge in [-0.25, -0.2) is 0 Å². The molecule has 0 atom stereocenters. The van der Waals surface area contributed by atoms with Crippen LogP contribution in [-0.2, 0) is 24.4 Å². The number of H-pyrrole nitrogens is 1. The number of anilines is 1. The van der Waals surface area contributed by atoms with E-state index >= 15 is 0 Å². The maximum atomic E-state index is 13.4. The maximum absolute atomic E-state index is 13.4. The SMILES string of the molecule is NC(=O)CCc1cc(-c2ccccc2NC(=O)c2ccc(OCc3ccccc3)cc2)nnc1-c1cccc(C(=O)NCc2c[nH]c3ccccc23)c1. The lowest BCUT2D eigenvalue weighted by Crippen LogP contribution is -2.22. The first kappa shape index (κ1) is 34.4. The summed E-state index contributed by atoms with van der Waals surface area (Å²) in [5.74, 6) is -0.338. The van der Waals surface area contributed by atoms with Crippen LogP contribution in [0.2, 0.25) is 0 Å². The molecule has 0 aliphatic rings. The second kappa shape index (κ2) is 15.9. The number of benzene rings is 5. The smallest absolute Gasteiger partial charge is 0.255 e. The fourth-order valence-corrected chi connectivity index (χ4v) is 6.07. The average molecular weight is 701 g/mol. The predicted octanol–water partition coefficient (Wildman–Crippen LogP) is 7.47. The third-order valence-electron chi connectivity index (χ3n) is 8.84. The average Bonchev–Trinajstić information content (AvgIpc) is 3.62. The van der Waals surface area contributed by atoms with Crippen molar-refractivity contribution >= 4 is 34.3 Å². The van der Waals surface area contributed by atoms with E-state index in [4.69, 9.17) is 10.5 Å². The van der Waals surface area contributed by atoms with E-state index in [2.05, 4.69) is 25.8 Å². The second-order valence-electron chi connectivity index (χ2n) is 12.5. The molecule has 262 valence electrons. The lowest BCUT2D eigenvalue weighted by molar-refractivity contribution is -0.118. The van der Waals surface area contributed by atoms with Crippen LogP contribution in [0, 0.1) is 0 Å². The molecule has 5 aromatic carbocycles. The molecule has 0 bridgehead atoms. The molecule has 0 spiro atoms. The number of aryl methyl sites for hydroxylation is 1. The molecule has 0 aliphatic heterocycles. The molecule has 0 aliphatic carbocycles. The first-order valence-electron chi connectivity index (χ1n) is 17.2. The van der Waals surface area contributed by atoms with Gasteiger partial charge in [0.25, 0.3) is 11.8 Å². The Morgan fingerprint density at radius 2 is 1.49 bits per heavy atom. The topological polar surface area (TPSA) is 152 Å². The summed E-state index contributed by atoms with van der Waals surface area (Å²) in [5, 5.41) is 16.2. The zero-order chi connectivity index (χ0) is 36.6. The lowest BCUT2D eigenvalue weighted by Gasteiger charge is -2.14. The van der Waals surface area contributed by atoms with Crippen molar-refractivity contribution in [3.63, 3.8) is 0 Å². The summed E-state index contributed by atoms with van der Waals surface area (Å²) in [6.45, 7) is 0.782. The van der Waals surface area contributed by atoms with Crippen LogP contribution in [0.25, 0.3) is 33.4 Å². The fourth-order valence-electron chi connectivity index (χ4n) is 6.07. The number of nitrogens with one attached hydrogen (secondary N) is 3. The molecule has 2 aromatic heterocycles. The number of ether oxygens (including phenoxy) is 1. The highest BCUT2D eigenvalue weighted by atomic mass is 16.5. The number of fused-ring (bicyclic) bond motifs is 1. The number of rotatable bonds is 13. The summed E-state index contributed by atoms with van der Waals surface area (Å²) in [6.07, 6.45) is 2.29. The quantitative estimate of drug-likeness (QED) is 0.0980. The van der Waals surface area contributed by atoms with Gasteiger partial charge in [0, 0.05) is 52.3 Å². The molecular weight excluding hydrogens is 665 g/mol. The van der Waals surface area contributed by atoms with E-state index in [0.717, 1.165) is 27.6 Å². The standard InChI is InChI=1S/C43H36N6O4/c44-40(50)22-19-31-24-39(36-14-5-7-16-38(36)47-43(52)29-17-20-34(21-18-29)53-27-28-9-2-1-3-10-28)48-49-41(31)30-11-8-12-32(23-30)42(51)46-26-33-25-45-37-15-6-4-13-35(33)37/h1-18,20-21,23-25,45H,19,22,26-27H2,(H2,44,50)(H,46,51)(H,47,52). The molecule has 0 radical (unpaired) electrons. The number of primary amides is 1. The van der Waals surface area contributed by atoms with E-state index in [1.165, 1.54) is 0 Å². The molecule has 10 heteroatoms. The molecule has 53 heavy (non-hydrogen) atoms. The van der Waals surface area contributed by atoms with Crippen LogP contribution in [0.1, 0.15) is 43.8 Å². The molecule has 7 rings (SSSR count). The molecule has 5 N–H and O–H groups in total. The minimum absolute atomic E-state index is 0.0897. The Bertz CT molecular complexity index is 2410. The van der Waals surface area contributed by atoms with Crippen LogP contribution in [0.5, 0.6) is 5.75 Å².